The number of hydrogen-bond donors (Lipinski definition) is 0. The van der Waals surface area contributed by atoms with Crippen LogP contribution in [0, 0.1) is 5.92 Å². The summed E-state index contributed by atoms with van der Waals surface area (Å²) in [5, 5.41) is 7.44. The van der Waals surface area contributed by atoms with Gasteiger partial charge in [-0.2, -0.15) is 0 Å². The molecular weight excluding hydrogens is 364 g/mol. The monoisotopic (exact) mass is 384 g/mol. The highest BCUT2D eigenvalue weighted by molar-refractivity contribution is 6.14. The van der Waals surface area contributed by atoms with E-state index in [1.165, 1.54) is 0 Å². The number of carbonyl (C=O) groups excluding carboxylic acids is 1. The van der Waals surface area contributed by atoms with Gasteiger partial charge < -0.3 is 0 Å². The molecule has 1 aliphatic carbocycles. The van der Waals surface area contributed by atoms with Crippen molar-refractivity contribution in [1.82, 2.24) is 0 Å². The molecule has 0 amide bonds. The third-order valence-electron chi connectivity index (χ3n) is 5.02. The number of ketones is 1. The van der Waals surface area contributed by atoms with Gasteiger partial charge in [-0.3, -0.25) is 4.79 Å². The molecule has 7 heteroatoms. The van der Waals surface area contributed by atoms with Gasteiger partial charge in [-0.15, -0.1) is 0 Å². The van der Waals surface area contributed by atoms with E-state index >= 15 is 0 Å². The second-order valence-corrected chi connectivity index (χ2v) is 6.85. The van der Waals surface area contributed by atoms with E-state index in [-0.39, 0.29) is 5.78 Å². The lowest BCUT2D eigenvalue weighted by Gasteiger charge is -2.25. The largest absolute Gasteiger partial charge is 0.289 e. The fourth-order valence-corrected chi connectivity index (χ4v) is 3.50. The van der Waals surface area contributed by atoms with Crippen LogP contribution in [0.15, 0.2) is 69.9 Å². The van der Waals surface area contributed by atoms with Gasteiger partial charge in [0.1, 0.15) is 0 Å². The number of rotatable bonds is 5. The molecule has 0 bridgehead atoms. The van der Waals surface area contributed by atoms with Crippen molar-refractivity contribution in [2.45, 2.75) is 26.2 Å². The van der Waals surface area contributed by atoms with E-state index in [9.17, 15) is 4.79 Å². The Morgan fingerprint density at radius 3 is 1.76 bits per heavy atom. The van der Waals surface area contributed by atoms with Crippen molar-refractivity contribution in [3.05, 3.63) is 91.7 Å². The SMILES string of the molecule is CCC1CC(=Cc2ccccc2N=[N+]=[N-])C(=O)C(=Cc2ccccc2N=[N+]=[N-])C1. The van der Waals surface area contributed by atoms with Crippen LogP contribution in [0.5, 0.6) is 0 Å². The Hall–Kier alpha value is -3.79. The normalized spacial score (nSPS) is 18.9. The highest BCUT2D eigenvalue weighted by Gasteiger charge is 2.27. The zero-order valence-corrected chi connectivity index (χ0v) is 16.1. The maximum Gasteiger partial charge on any atom is 0.185 e. The highest BCUT2D eigenvalue weighted by Crippen LogP contribution is 2.36. The van der Waals surface area contributed by atoms with Crippen LogP contribution in [-0.2, 0) is 4.79 Å². The van der Waals surface area contributed by atoms with Crippen LogP contribution in [0.3, 0.4) is 0 Å². The van der Waals surface area contributed by atoms with Crippen LogP contribution < -0.4 is 0 Å². The molecule has 29 heavy (non-hydrogen) atoms. The fraction of sp³-hybridized carbons (Fsp3) is 0.227. The van der Waals surface area contributed by atoms with Crippen molar-refractivity contribution in [3.8, 4) is 0 Å². The Labute approximate surface area is 168 Å². The summed E-state index contributed by atoms with van der Waals surface area (Å²) in [4.78, 5) is 18.9. The summed E-state index contributed by atoms with van der Waals surface area (Å²) in [7, 11) is 0. The minimum Gasteiger partial charge on any atom is -0.289 e. The van der Waals surface area contributed by atoms with E-state index in [1.807, 2.05) is 36.4 Å². The van der Waals surface area contributed by atoms with E-state index in [0.29, 0.717) is 41.3 Å². The molecule has 7 nitrogen and oxygen atoms in total. The average molecular weight is 384 g/mol. The van der Waals surface area contributed by atoms with Gasteiger partial charge in [0.15, 0.2) is 5.78 Å². The quantitative estimate of drug-likeness (QED) is 0.227. The van der Waals surface area contributed by atoms with E-state index in [4.69, 9.17) is 11.1 Å². The highest BCUT2D eigenvalue weighted by atomic mass is 16.1. The number of nitrogens with zero attached hydrogens (tertiary/aromatic N) is 6. The van der Waals surface area contributed by atoms with Crippen LogP contribution in [0.25, 0.3) is 33.0 Å². The molecule has 0 spiro atoms. The van der Waals surface area contributed by atoms with Crippen molar-refractivity contribution in [2.75, 3.05) is 0 Å². The molecule has 0 radical (unpaired) electrons. The first kappa shape index (κ1) is 20.0. The molecule has 3 rings (SSSR count). The Morgan fingerprint density at radius 1 is 0.897 bits per heavy atom. The predicted molar refractivity (Wildman–Crippen MR) is 114 cm³/mol. The fourth-order valence-electron chi connectivity index (χ4n) is 3.50. The third-order valence-corrected chi connectivity index (χ3v) is 5.02. The van der Waals surface area contributed by atoms with E-state index in [1.54, 1.807) is 24.3 Å². The second-order valence-electron chi connectivity index (χ2n) is 6.85. The number of allylic oxidation sites excluding steroid dienone is 2. The Morgan fingerprint density at radius 2 is 1.34 bits per heavy atom. The van der Waals surface area contributed by atoms with E-state index < -0.39 is 0 Å². The Kier molecular flexibility index (Phi) is 6.48. The van der Waals surface area contributed by atoms with Gasteiger partial charge in [0.2, 0.25) is 0 Å². The number of hydrogen-bond acceptors (Lipinski definition) is 3. The lowest BCUT2D eigenvalue weighted by atomic mass is 9.78. The summed E-state index contributed by atoms with van der Waals surface area (Å²) >= 11 is 0. The Balaban J connectivity index is 2.05. The van der Waals surface area contributed by atoms with Crippen molar-refractivity contribution >= 4 is 29.3 Å². The maximum atomic E-state index is 13.2. The van der Waals surface area contributed by atoms with Crippen LogP contribution in [0.1, 0.15) is 37.3 Å². The Bertz CT molecular complexity index is 1000. The molecule has 1 aliphatic rings. The van der Waals surface area contributed by atoms with Crippen molar-refractivity contribution in [3.63, 3.8) is 0 Å². The minimum absolute atomic E-state index is 0.0267. The van der Waals surface area contributed by atoms with Crippen LogP contribution in [0.4, 0.5) is 11.4 Å². The summed E-state index contributed by atoms with van der Waals surface area (Å²) in [6.45, 7) is 2.11. The number of azide groups is 2. The van der Waals surface area contributed by atoms with Gasteiger partial charge in [-0.1, -0.05) is 72.1 Å². The molecule has 144 valence electrons. The smallest absolute Gasteiger partial charge is 0.185 e. The van der Waals surface area contributed by atoms with Crippen molar-refractivity contribution in [1.29, 1.82) is 0 Å². The minimum atomic E-state index is -0.0267. The molecule has 1 fully saturated rings. The molecule has 0 unspecified atom stereocenters. The zero-order chi connectivity index (χ0) is 20.6. The second kappa shape index (κ2) is 9.42. The molecule has 1 saturated carbocycles. The van der Waals surface area contributed by atoms with Gasteiger partial charge >= 0.3 is 0 Å². The van der Waals surface area contributed by atoms with Crippen LogP contribution >= 0.6 is 0 Å². The first-order chi connectivity index (χ1) is 14.2. The molecule has 0 atom stereocenters. The van der Waals surface area contributed by atoms with E-state index in [0.717, 1.165) is 17.5 Å². The zero-order valence-electron chi connectivity index (χ0n) is 16.1. The van der Waals surface area contributed by atoms with Crippen molar-refractivity contribution in [2.24, 2.45) is 16.1 Å². The molecule has 2 aromatic rings. The first-order valence-electron chi connectivity index (χ1n) is 9.40. The summed E-state index contributed by atoms with van der Waals surface area (Å²) in [6.07, 6.45) is 5.94. The average Bonchev–Trinajstić information content (AvgIpc) is 2.74. The van der Waals surface area contributed by atoms with E-state index in [2.05, 4.69) is 27.0 Å². The lowest BCUT2D eigenvalue weighted by Crippen LogP contribution is -2.19. The molecule has 0 aliphatic heterocycles. The maximum absolute atomic E-state index is 13.2. The molecular formula is C22H20N6O. The molecule has 0 saturated heterocycles. The molecule has 0 N–H and O–H groups in total. The van der Waals surface area contributed by atoms with Gasteiger partial charge in [-0.25, -0.2) is 0 Å². The summed E-state index contributed by atoms with van der Waals surface area (Å²) in [5.41, 5.74) is 21.4. The van der Waals surface area contributed by atoms with Gasteiger partial charge in [-0.05, 0) is 53.1 Å². The topological polar surface area (TPSA) is 115 Å². The standard InChI is InChI=1S/C22H20N6O/c1-2-15-11-18(13-16-7-3-5-9-20(16)25-27-23)22(29)19(12-15)14-17-8-4-6-10-21(17)26-28-24/h3-10,13-15H,2,11-12H2,1H3. The molecule has 2 aromatic carbocycles. The predicted octanol–water partition coefficient (Wildman–Crippen LogP) is 7.43. The van der Waals surface area contributed by atoms with Crippen LogP contribution in [0.2, 0.25) is 0 Å². The number of Topliss-reactive ketones (excluding diaryl/α,β-unsaturated/α-hetero) is 1. The third kappa shape index (κ3) is 4.74. The number of benzene rings is 2. The first-order valence-corrected chi connectivity index (χ1v) is 9.40. The summed E-state index contributed by atoms with van der Waals surface area (Å²) in [5.74, 6) is 0.310. The summed E-state index contributed by atoms with van der Waals surface area (Å²) < 4.78 is 0. The van der Waals surface area contributed by atoms with Crippen molar-refractivity contribution < 1.29 is 4.79 Å². The van der Waals surface area contributed by atoms with Gasteiger partial charge in [0.25, 0.3) is 0 Å². The molecule has 0 aromatic heterocycles. The summed E-state index contributed by atoms with van der Waals surface area (Å²) in [6, 6.07) is 14.4. The van der Waals surface area contributed by atoms with Gasteiger partial charge in [0, 0.05) is 32.3 Å². The number of carbonyl (C=O) groups is 1. The van der Waals surface area contributed by atoms with Crippen LogP contribution in [-0.4, -0.2) is 5.78 Å². The lowest BCUT2D eigenvalue weighted by molar-refractivity contribution is -0.113. The van der Waals surface area contributed by atoms with Gasteiger partial charge in [0.05, 0.1) is 0 Å². The molecule has 0 heterocycles.